The molecular weight excluding hydrogens is 182 g/mol. The molecule has 0 aliphatic carbocycles. The SMILES string of the molecule is C=CCCOc1cccnc1C(=O)O. The molecule has 0 amide bonds. The van der Waals surface area contributed by atoms with Crippen molar-refractivity contribution in [2.45, 2.75) is 6.42 Å². The third-order valence-electron chi connectivity index (χ3n) is 1.55. The van der Waals surface area contributed by atoms with Crippen LogP contribution in [0.2, 0.25) is 0 Å². The summed E-state index contributed by atoms with van der Waals surface area (Å²) in [6.07, 6.45) is 3.80. The summed E-state index contributed by atoms with van der Waals surface area (Å²) in [7, 11) is 0. The van der Waals surface area contributed by atoms with Crippen molar-refractivity contribution >= 4 is 5.97 Å². The molecule has 0 radical (unpaired) electrons. The molecule has 0 aliphatic heterocycles. The Morgan fingerprint density at radius 1 is 1.71 bits per heavy atom. The molecule has 0 aromatic carbocycles. The minimum absolute atomic E-state index is 0.0587. The maximum Gasteiger partial charge on any atom is 0.358 e. The molecule has 1 aromatic heterocycles. The Morgan fingerprint density at radius 2 is 2.50 bits per heavy atom. The van der Waals surface area contributed by atoms with E-state index in [0.29, 0.717) is 18.8 Å². The van der Waals surface area contributed by atoms with E-state index in [4.69, 9.17) is 9.84 Å². The van der Waals surface area contributed by atoms with Gasteiger partial charge in [-0.3, -0.25) is 0 Å². The van der Waals surface area contributed by atoms with Gasteiger partial charge in [-0.2, -0.15) is 0 Å². The first kappa shape index (κ1) is 10.2. The lowest BCUT2D eigenvalue weighted by Gasteiger charge is -2.05. The molecule has 1 heterocycles. The monoisotopic (exact) mass is 193 g/mol. The van der Waals surface area contributed by atoms with Crippen LogP contribution in [0.5, 0.6) is 5.75 Å². The number of carbonyl (C=O) groups is 1. The highest BCUT2D eigenvalue weighted by molar-refractivity contribution is 5.88. The second-order valence-corrected chi connectivity index (χ2v) is 2.58. The fourth-order valence-corrected chi connectivity index (χ4v) is 0.920. The first-order valence-electron chi connectivity index (χ1n) is 4.17. The minimum Gasteiger partial charge on any atom is -0.491 e. The smallest absolute Gasteiger partial charge is 0.358 e. The van der Waals surface area contributed by atoms with E-state index in [9.17, 15) is 4.79 Å². The molecule has 0 bridgehead atoms. The number of carboxylic acid groups (broad SMARTS) is 1. The van der Waals surface area contributed by atoms with Crippen LogP contribution >= 0.6 is 0 Å². The van der Waals surface area contributed by atoms with Crippen LogP contribution in [0.25, 0.3) is 0 Å². The summed E-state index contributed by atoms with van der Waals surface area (Å²) in [6, 6.07) is 3.22. The van der Waals surface area contributed by atoms with Gasteiger partial charge in [0.15, 0.2) is 11.4 Å². The van der Waals surface area contributed by atoms with Crippen LogP contribution in [0.1, 0.15) is 16.9 Å². The van der Waals surface area contributed by atoms with E-state index in [1.807, 2.05) is 0 Å². The van der Waals surface area contributed by atoms with Crippen molar-refractivity contribution in [1.29, 1.82) is 0 Å². The largest absolute Gasteiger partial charge is 0.491 e. The quantitative estimate of drug-likeness (QED) is 0.571. The summed E-state index contributed by atoms with van der Waals surface area (Å²) in [5.74, 6) is -0.791. The molecule has 0 saturated carbocycles. The summed E-state index contributed by atoms with van der Waals surface area (Å²) in [5, 5.41) is 8.76. The predicted octanol–water partition coefficient (Wildman–Crippen LogP) is 1.73. The lowest BCUT2D eigenvalue weighted by atomic mass is 10.3. The van der Waals surface area contributed by atoms with Gasteiger partial charge in [0.2, 0.25) is 0 Å². The number of rotatable bonds is 5. The van der Waals surface area contributed by atoms with Crippen LogP contribution in [-0.4, -0.2) is 22.7 Å². The van der Waals surface area contributed by atoms with Crippen molar-refractivity contribution in [2.75, 3.05) is 6.61 Å². The molecule has 74 valence electrons. The Labute approximate surface area is 81.9 Å². The molecular formula is C10H11NO3. The Morgan fingerprint density at radius 3 is 3.14 bits per heavy atom. The van der Waals surface area contributed by atoms with Crippen LogP contribution in [0.15, 0.2) is 31.0 Å². The summed E-state index contributed by atoms with van der Waals surface area (Å²) in [6.45, 7) is 3.95. The number of nitrogens with zero attached hydrogens (tertiary/aromatic N) is 1. The fourth-order valence-electron chi connectivity index (χ4n) is 0.920. The molecule has 0 fully saturated rings. The molecule has 0 aliphatic rings. The lowest BCUT2D eigenvalue weighted by molar-refractivity contribution is 0.0685. The van der Waals surface area contributed by atoms with E-state index < -0.39 is 5.97 Å². The summed E-state index contributed by atoms with van der Waals surface area (Å²) in [4.78, 5) is 14.4. The Bertz CT molecular complexity index is 336. The van der Waals surface area contributed by atoms with E-state index in [1.165, 1.54) is 6.20 Å². The third-order valence-corrected chi connectivity index (χ3v) is 1.55. The number of pyridine rings is 1. The van der Waals surface area contributed by atoms with Gasteiger partial charge < -0.3 is 9.84 Å². The Kier molecular flexibility index (Phi) is 3.67. The standard InChI is InChI=1S/C10H11NO3/c1-2-3-7-14-8-5-4-6-11-9(8)10(12)13/h2,4-6H,1,3,7H2,(H,12,13). The molecule has 4 heteroatoms. The molecule has 1 rings (SSSR count). The molecule has 4 nitrogen and oxygen atoms in total. The Hall–Kier alpha value is -1.84. The average Bonchev–Trinajstić information content (AvgIpc) is 2.19. The molecule has 14 heavy (non-hydrogen) atoms. The van der Waals surface area contributed by atoms with Crippen molar-refractivity contribution in [3.8, 4) is 5.75 Å². The number of ether oxygens (including phenoxy) is 1. The van der Waals surface area contributed by atoms with Crippen molar-refractivity contribution in [1.82, 2.24) is 4.98 Å². The third kappa shape index (κ3) is 2.58. The molecule has 0 spiro atoms. The number of aromatic carboxylic acids is 1. The maximum absolute atomic E-state index is 10.7. The highest BCUT2D eigenvalue weighted by Gasteiger charge is 2.11. The van der Waals surface area contributed by atoms with E-state index in [2.05, 4.69) is 11.6 Å². The van der Waals surface area contributed by atoms with Gasteiger partial charge in [0.25, 0.3) is 0 Å². The van der Waals surface area contributed by atoms with Crippen molar-refractivity contribution in [3.63, 3.8) is 0 Å². The van der Waals surface area contributed by atoms with Crippen molar-refractivity contribution < 1.29 is 14.6 Å². The minimum atomic E-state index is -1.08. The van der Waals surface area contributed by atoms with Gasteiger partial charge in [0.05, 0.1) is 6.61 Å². The van der Waals surface area contributed by atoms with Gasteiger partial charge >= 0.3 is 5.97 Å². The Balaban J connectivity index is 2.74. The summed E-state index contributed by atoms with van der Waals surface area (Å²) >= 11 is 0. The van der Waals surface area contributed by atoms with Gasteiger partial charge in [0, 0.05) is 6.20 Å². The second-order valence-electron chi connectivity index (χ2n) is 2.58. The van der Waals surface area contributed by atoms with Gasteiger partial charge in [-0.05, 0) is 18.6 Å². The van der Waals surface area contributed by atoms with Crippen LogP contribution in [0.3, 0.4) is 0 Å². The zero-order valence-corrected chi connectivity index (χ0v) is 7.64. The highest BCUT2D eigenvalue weighted by atomic mass is 16.5. The molecule has 1 aromatic rings. The van der Waals surface area contributed by atoms with Crippen LogP contribution in [0.4, 0.5) is 0 Å². The number of aromatic nitrogens is 1. The van der Waals surface area contributed by atoms with E-state index in [0.717, 1.165) is 0 Å². The summed E-state index contributed by atoms with van der Waals surface area (Å²) < 4.78 is 5.22. The van der Waals surface area contributed by atoms with E-state index in [1.54, 1.807) is 18.2 Å². The van der Waals surface area contributed by atoms with E-state index >= 15 is 0 Å². The highest BCUT2D eigenvalue weighted by Crippen LogP contribution is 2.15. The first-order chi connectivity index (χ1) is 6.75. The normalized spacial score (nSPS) is 9.43. The van der Waals surface area contributed by atoms with Gasteiger partial charge in [-0.15, -0.1) is 6.58 Å². The predicted molar refractivity (Wildman–Crippen MR) is 51.5 cm³/mol. The van der Waals surface area contributed by atoms with Gasteiger partial charge in [-0.25, -0.2) is 9.78 Å². The molecule has 0 saturated heterocycles. The van der Waals surface area contributed by atoms with Crippen molar-refractivity contribution in [3.05, 3.63) is 36.7 Å². The zero-order valence-electron chi connectivity index (χ0n) is 7.64. The number of hydrogen-bond donors (Lipinski definition) is 1. The van der Waals surface area contributed by atoms with Gasteiger partial charge in [-0.1, -0.05) is 6.08 Å². The second kappa shape index (κ2) is 5.01. The van der Waals surface area contributed by atoms with Crippen molar-refractivity contribution in [2.24, 2.45) is 0 Å². The maximum atomic E-state index is 10.7. The first-order valence-corrected chi connectivity index (χ1v) is 4.17. The van der Waals surface area contributed by atoms with Crippen LogP contribution < -0.4 is 4.74 Å². The molecule has 0 unspecified atom stereocenters. The fraction of sp³-hybridized carbons (Fsp3) is 0.200. The van der Waals surface area contributed by atoms with E-state index in [-0.39, 0.29) is 5.69 Å². The topological polar surface area (TPSA) is 59.4 Å². The number of hydrogen-bond acceptors (Lipinski definition) is 3. The average molecular weight is 193 g/mol. The number of carboxylic acids is 1. The van der Waals surface area contributed by atoms with Gasteiger partial charge in [0.1, 0.15) is 0 Å². The van der Waals surface area contributed by atoms with Crippen LogP contribution in [-0.2, 0) is 0 Å². The lowest BCUT2D eigenvalue weighted by Crippen LogP contribution is -2.05. The summed E-state index contributed by atoms with van der Waals surface area (Å²) in [5.41, 5.74) is -0.0587. The van der Waals surface area contributed by atoms with Crippen LogP contribution in [0, 0.1) is 0 Å². The molecule has 0 atom stereocenters. The molecule has 1 N–H and O–H groups in total. The zero-order chi connectivity index (χ0) is 10.4.